The predicted molar refractivity (Wildman–Crippen MR) is 59.7 cm³/mol. The molecule has 1 aromatic heterocycles. The molecule has 2 rings (SSSR count). The van der Waals surface area contributed by atoms with E-state index < -0.39 is 5.97 Å². The van der Waals surface area contributed by atoms with Crippen LogP contribution >= 0.6 is 0 Å². The molecule has 0 amide bonds. The zero-order valence-electron chi connectivity index (χ0n) is 9.48. The molecular formula is C12H13NO3. The molecular weight excluding hydrogens is 206 g/mol. The third-order valence-corrected chi connectivity index (χ3v) is 2.08. The topological polar surface area (TPSA) is 51.8 Å². The first-order valence-corrected chi connectivity index (χ1v) is 5.03. The highest BCUT2D eigenvalue weighted by Gasteiger charge is 2.31. The largest absolute Gasteiger partial charge is 0.465 e. The summed E-state index contributed by atoms with van der Waals surface area (Å²) in [5.74, 6) is 0.600. The molecule has 1 aliphatic heterocycles. The van der Waals surface area contributed by atoms with Gasteiger partial charge in [0.1, 0.15) is 5.76 Å². The number of esters is 1. The van der Waals surface area contributed by atoms with E-state index in [0.717, 1.165) is 0 Å². The second-order valence-corrected chi connectivity index (χ2v) is 4.60. The zero-order chi connectivity index (χ0) is 11.8. The predicted octanol–water partition coefficient (Wildman–Crippen LogP) is 2.62. The lowest BCUT2D eigenvalue weighted by atomic mass is 9.97. The van der Waals surface area contributed by atoms with E-state index in [4.69, 9.17) is 9.15 Å². The molecule has 0 unspecified atom stereocenters. The highest BCUT2D eigenvalue weighted by Crippen LogP contribution is 2.25. The van der Waals surface area contributed by atoms with E-state index >= 15 is 0 Å². The van der Waals surface area contributed by atoms with Gasteiger partial charge in [0.2, 0.25) is 5.90 Å². The molecule has 0 saturated heterocycles. The highest BCUT2D eigenvalue weighted by molar-refractivity contribution is 6.08. The summed E-state index contributed by atoms with van der Waals surface area (Å²) in [6.45, 7) is 5.82. The second-order valence-electron chi connectivity index (χ2n) is 4.60. The number of carbonyl (C=O) groups excluding carboxylic acids is 1. The van der Waals surface area contributed by atoms with Crippen molar-refractivity contribution >= 4 is 17.9 Å². The van der Waals surface area contributed by atoms with Crippen LogP contribution in [0, 0.1) is 5.41 Å². The van der Waals surface area contributed by atoms with E-state index in [-0.39, 0.29) is 11.1 Å². The molecule has 0 spiro atoms. The minimum atomic E-state index is -0.429. The van der Waals surface area contributed by atoms with Crippen LogP contribution in [-0.2, 0) is 9.53 Å². The van der Waals surface area contributed by atoms with Gasteiger partial charge in [-0.05, 0) is 12.1 Å². The van der Waals surface area contributed by atoms with Gasteiger partial charge in [-0.1, -0.05) is 20.8 Å². The molecule has 0 saturated carbocycles. The van der Waals surface area contributed by atoms with Gasteiger partial charge in [0, 0.05) is 11.5 Å². The Bertz CT molecular complexity index is 461. The van der Waals surface area contributed by atoms with Crippen LogP contribution in [0.2, 0.25) is 0 Å². The third kappa shape index (κ3) is 2.05. The van der Waals surface area contributed by atoms with Crippen molar-refractivity contribution in [2.45, 2.75) is 20.8 Å². The summed E-state index contributed by atoms with van der Waals surface area (Å²) in [6, 6.07) is 3.51. The van der Waals surface area contributed by atoms with Crippen molar-refractivity contribution in [2.24, 2.45) is 10.4 Å². The van der Waals surface area contributed by atoms with E-state index in [2.05, 4.69) is 4.99 Å². The van der Waals surface area contributed by atoms with E-state index in [9.17, 15) is 4.79 Å². The van der Waals surface area contributed by atoms with Gasteiger partial charge in [0.25, 0.3) is 0 Å². The maximum absolute atomic E-state index is 11.5. The van der Waals surface area contributed by atoms with Crippen LogP contribution in [0.5, 0.6) is 0 Å². The lowest BCUT2D eigenvalue weighted by molar-refractivity contribution is -0.130. The molecule has 2 heterocycles. The van der Waals surface area contributed by atoms with Crippen molar-refractivity contribution in [1.29, 1.82) is 0 Å². The van der Waals surface area contributed by atoms with E-state index in [1.165, 1.54) is 0 Å². The molecule has 0 aliphatic carbocycles. The van der Waals surface area contributed by atoms with Gasteiger partial charge in [-0.2, -0.15) is 0 Å². The molecule has 4 nitrogen and oxygen atoms in total. The van der Waals surface area contributed by atoms with Gasteiger partial charge >= 0.3 is 5.97 Å². The molecule has 1 aliphatic rings. The molecule has 4 heteroatoms. The number of ether oxygens (including phenoxy) is 1. The average Bonchev–Trinajstić information content (AvgIpc) is 2.76. The van der Waals surface area contributed by atoms with Gasteiger partial charge < -0.3 is 9.15 Å². The summed E-state index contributed by atoms with van der Waals surface area (Å²) >= 11 is 0. The molecule has 16 heavy (non-hydrogen) atoms. The molecule has 0 fully saturated rings. The Morgan fingerprint density at radius 1 is 1.38 bits per heavy atom. The van der Waals surface area contributed by atoms with Crippen LogP contribution in [0.25, 0.3) is 6.08 Å². The van der Waals surface area contributed by atoms with E-state index in [1.54, 1.807) is 24.5 Å². The Labute approximate surface area is 93.6 Å². The van der Waals surface area contributed by atoms with Gasteiger partial charge in [-0.15, -0.1) is 0 Å². The Kier molecular flexibility index (Phi) is 2.42. The third-order valence-electron chi connectivity index (χ3n) is 2.08. The first-order chi connectivity index (χ1) is 7.47. The van der Waals surface area contributed by atoms with Crippen LogP contribution < -0.4 is 0 Å². The number of aliphatic imine (C=N–C) groups is 1. The maximum Gasteiger partial charge on any atom is 0.363 e. The van der Waals surface area contributed by atoms with Crippen LogP contribution in [0.4, 0.5) is 0 Å². The fraction of sp³-hybridized carbons (Fsp3) is 0.333. The normalized spacial score (nSPS) is 18.8. The standard InChI is InChI=1S/C12H13NO3/c1-12(2,3)11-13-9(10(14)16-11)7-8-5-4-6-15-8/h4-7H,1-3H3/b9-7-. The highest BCUT2D eigenvalue weighted by atomic mass is 16.6. The Morgan fingerprint density at radius 2 is 2.12 bits per heavy atom. The summed E-state index contributed by atoms with van der Waals surface area (Å²) in [7, 11) is 0. The fourth-order valence-corrected chi connectivity index (χ4v) is 1.24. The number of hydrogen-bond acceptors (Lipinski definition) is 4. The molecule has 0 radical (unpaired) electrons. The molecule has 0 N–H and O–H groups in total. The summed E-state index contributed by atoms with van der Waals surface area (Å²) in [6.07, 6.45) is 3.11. The smallest absolute Gasteiger partial charge is 0.363 e. The van der Waals surface area contributed by atoms with Crippen LogP contribution in [0.3, 0.4) is 0 Å². The first kappa shape index (κ1) is 10.7. The number of nitrogens with zero attached hydrogens (tertiary/aromatic N) is 1. The minimum absolute atomic E-state index is 0.269. The first-order valence-electron chi connectivity index (χ1n) is 5.03. The number of rotatable bonds is 1. The Balaban J connectivity index is 2.31. The van der Waals surface area contributed by atoms with Crippen LogP contribution in [0.1, 0.15) is 26.5 Å². The number of furan rings is 1. The molecule has 0 bridgehead atoms. The average molecular weight is 219 g/mol. The van der Waals surface area contributed by atoms with Crippen LogP contribution in [0.15, 0.2) is 33.5 Å². The number of carbonyl (C=O) groups is 1. The summed E-state index contributed by atoms with van der Waals surface area (Å²) < 4.78 is 10.2. The van der Waals surface area contributed by atoms with Crippen molar-refractivity contribution in [3.63, 3.8) is 0 Å². The van der Waals surface area contributed by atoms with Crippen molar-refractivity contribution < 1.29 is 13.9 Å². The summed E-state index contributed by atoms with van der Waals surface area (Å²) in [5.41, 5.74) is 0.00823. The second kappa shape index (κ2) is 3.63. The Hall–Kier alpha value is -1.84. The van der Waals surface area contributed by atoms with E-state index in [0.29, 0.717) is 11.7 Å². The summed E-state index contributed by atoms with van der Waals surface area (Å²) in [5, 5.41) is 0. The van der Waals surface area contributed by atoms with Crippen molar-refractivity contribution in [3.05, 3.63) is 29.9 Å². The Morgan fingerprint density at radius 3 is 2.62 bits per heavy atom. The lowest BCUT2D eigenvalue weighted by Crippen LogP contribution is -2.21. The lowest BCUT2D eigenvalue weighted by Gasteiger charge is -2.15. The molecule has 0 aromatic carbocycles. The van der Waals surface area contributed by atoms with Crippen molar-refractivity contribution in [2.75, 3.05) is 0 Å². The van der Waals surface area contributed by atoms with Gasteiger partial charge in [0.15, 0.2) is 5.70 Å². The van der Waals surface area contributed by atoms with Gasteiger partial charge in [-0.3, -0.25) is 0 Å². The molecule has 84 valence electrons. The quantitative estimate of drug-likeness (QED) is 0.539. The fourth-order valence-electron chi connectivity index (χ4n) is 1.24. The zero-order valence-corrected chi connectivity index (χ0v) is 9.48. The van der Waals surface area contributed by atoms with Crippen molar-refractivity contribution in [1.82, 2.24) is 0 Å². The SMILES string of the molecule is CC(C)(C)C1=N/C(=C\c2ccco2)C(=O)O1. The van der Waals surface area contributed by atoms with E-state index in [1.807, 2.05) is 20.8 Å². The monoisotopic (exact) mass is 219 g/mol. The molecule has 0 atom stereocenters. The minimum Gasteiger partial charge on any atom is -0.465 e. The van der Waals surface area contributed by atoms with Gasteiger partial charge in [-0.25, -0.2) is 9.79 Å². The number of hydrogen-bond donors (Lipinski definition) is 0. The summed E-state index contributed by atoms with van der Waals surface area (Å²) in [4.78, 5) is 15.7. The van der Waals surface area contributed by atoms with Gasteiger partial charge in [0.05, 0.1) is 6.26 Å². The number of cyclic esters (lactones) is 1. The van der Waals surface area contributed by atoms with Crippen molar-refractivity contribution in [3.8, 4) is 0 Å². The van der Waals surface area contributed by atoms with Crippen LogP contribution in [-0.4, -0.2) is 11.9 Å². The maximum atomic E-state index is 11.5. The molecule has 1 aromatic rings.